The zero-order valence-corrected chi connectivity index (χ0v) is 11.4. The van der Waals surface area contributed by atoms with Crippen molar-refractivity contribution in [2.45, 2.75) is 43.8 Å². The van der Waals surface area contributed by atoms with Gasteiger partial charge in [0.05, 0.1) is 5.56 Å². The Kier molecular flexibility index (Phi) is 4.42. The molecule has 3 nitrogen and oxygen atoms in total. The average Bonchev–Trinajstić information content (AvgIpc) is 2.69. The van der Waals surface area contributed by atoms with Crippen molar-refractivity contribution in [1.29, 1.82) is 0 Å². The van der Waals surface area contributed by atoms with Gasteiger partial charge in [0.25, 0.3) is 5.91 Å². The van der Waals surface area contributed by atoms with Crippen LogP contribution in [0.25, 0.3) is 0 Å². The van der Waals surface area contributed by atoms with Crippen LogP contribution in [0.3, 0.4) is 0 Å². The largest absolute Gasteiger partial charge is 0.349 e. The minimum atomic E-state index is -0.452. The Morgan fingerprint density at radius 2 is 1.84 bits per heavy atom. The van der Waals surface area contributed by atoms with Crippen LogP contribution in [0.1, 0.15) is 36.0 Å². The lowest BCUT2D eigenvalue weighted by Crippen LogP contribution is -2.48. The Morgan fingerprint density at radius 3 is 2.47 bits per heavy atom. The van der Waals surface area contributed by atoms with Crippen molar-refractivity contribution >= 4 is 18.3 Å². The van der Waals surface area contributed by atoms with Crippen LogP contribution in [0.5, 0.6) is 0 Å². The second-order valence-corrected chi connectivity index (χ2v) is 5.26. The molecule has 2 aliphatic heterocycles. The highest BCUT2D eigenvalue weighted by atomic mass is 35.5. The molecule has 1 aromatic carbocycles. The maximum absolute atomic E-state index is 13.5. The lowest BCUT2D eigenvalue weighted by molar-refractivity contribution is 0.0920. The summed E-state index contributed by atoms with van der Waals surface area (Å²) < 4.78 is 13.5. The summed E-state index contributed by atoms with van der Waals surface area (Å²) in [7, 11) is 0. The van der Waals surface area contributed by atoms with Crippen LogP contribution in [-0.2, 0) is 0 Å². The molecule has 2 fully saturated rings. The zero-order valence-electron chi connectivity index (χ0n) is 10.6. The summed E-state index contributed by atoms with van der Waals surface area (Å²) in [5, 5.41) is 6.48. The van der Waals surface area contributed by atoms with Crippen molar-refractivity contribution in [1.82, 2.24) is 10.6 Å². The monoisotopic (exact) mass is 284 g/mol. The van der Waals surface area contributed by atoms with E-state index in [1.165, 1.54) is 25.0 Å². The normalized spacial score (nSPS) is 28.6. The van der Waals surface area contributed by atoms with E-state index in [1.54, 1.807) is 12.1 Å². The highest BCUT2D eigenvalue weighted by Crippen LogP contribution is 2.26. The number of hydrogen-bond acceptors (Lipinski definition) is 2. The van der Waals surface area contributed by atoms with E-state index in [9.17, 15) is 9.18 Å². The molecular weight excluding hydrogens is 267 g/mol. The summed E-state index contributed by atoms with van der Waals surface area (Å²) in [5.74, 6) is -0.744. The van der Waals surface area contributed by atoms with Crippen molar-refractivity contribution in [3.8, 4) is 0 Å². The molecule has 0 radical (unpaired) electrons. The summed E-state index contributed by atoms with van der Waals surface area (Å²) in [6.07, 6.45) is 4.29. The molecule has 3 rings (SSSR count). The Bertz CT molecular complexity index is 457. The van der Waals surface area contributed by atoms with Gasteiger partial charge in [0.2, 0.25) is 0 Å². The zero-order chi connectivity index (χ0) is 12.5. The average molecular weight is 285 g/mol. The number of nitrogens with one attached hydrogen (secondary N) is 2. The molecule has 2 aliphatic rings. The molecule has 0 aliphatic carbocycles. The lowest BCUT2D eigenvalue weighted by Gasteiger charge is -2.29. The first-order chi connectivity index (χ1) is 8.72. The van der Waals surface area contributed by atoms with Crippen molar-refractivity contribution in [2.75, 3.05) is 0 Å². The topological polar surface area (TPSA) is 41.1 Å². The fourth-order valence-corrected chi connectivity index (χ4v) is 3.08. The number of rotatable bonds is 2. The molecule has 0 spiro atoms. The van der Waals surface area contributed by atoms with Crippen LogP contribution < -0.4 is 10.6 Å². The third-order valence-corrected chi connectivity index (χ3v) is 3.93. The molecule has 2 heterocycles. The van der Waals surface area contributed by atoms with Crippen LogP contribution in [0.15, 0.2) is 24.3 Å². The first kappa shape index (κ1) is 14.3. The van der Waals surface area contributed by atoms with E-state index in [0.29, 0.717) is 12.1 Å². The molecule has 104 valence electrons. The molecule has 19 heavy (non-hydrogen) atoms. The van der Waals surface area contributed by atoms with E-state index in [2.05, 4.69) is 10.6 Å². The van der Waals surface area contributed by atoms with E-state index < -0.39 is 5.82 Å². The minimum absolute atomic E-state index is 0. The number of amides is 1. The van der Waals surface area contributed by atoms with Crippen LogP contribution in [0.4, 0.5) is 4.39 Å². The van der Waals surface area contributed by atoms with E-state index in [-0.39, 0.29) is 29.9 Å². The van der Waals surface area contributed by atoms with Gasteiger partial charge in [-0.1, -0.05) is 12.1 Å². The standard InChI is InChI=1S/C14H17FN2O.ClH/c15-13-4-2-1-3-12(13)14(18)17-11-7-9-5-6-10(8-11)16-9;/h1-4,9-11,16H,5-8H2,(H,17,18);1H. The van der Waals surface area contributed by atoms with Gasteiger partial charge in [-0.05, 0) is 37.8 Å². The predicted octanol–water partition coefficient (Wildman–Crippen LogP) is 2.26. The van der Waals surface area contributed by atoms with Gasteiger partial charge in [0.1, 0.15) is 5.82 Å². The van der Waals surface area contributed by atoms with E-state index in [0.717, 1.165) is 12.8 Å². The number of piperidine rings is 1. The fourth-order valence-electron chi connectivity index (χ4n) is 3.08. The maximum Gasteiger partial charge on any atom is 0.254 e. The van der Waals surface area contributed by atoms with E-state index in [1.807, 2.05) is 0 Å². The molecule has 2 saturated heterocycles. The van der Waals surface area contributed by atoms with Gasteiger partial charge < -0.3 is 10.6 Å². The third kappa shape index (κ3) is 3.07. The number of benzene rings is 1. The SMILES string of the molecule is Cl.O=C(NC1CC2CCC(C1)N2)c1ccccc1F. The van der Waals surface area contributed by atoms with Gasteiger partial charge in [-0.15, -0.1) is 12.4 Å². The van der Waals surface area contributed by atoms with Crippen molar-refractivity contribution in [3.63, 3.8) is 0 Å². The summed E-state index contributed by atoms with van der Waals surface area (Å²) in [5.41, 5.74) is 0.142. The smallest absolute Gasteiger partial charge is 0.254 e. The van der Waals surface area contributed by atoms with Gasteiger partial charge in [0, 0.05) is 18.1 Å². The van der Waals surface area contributed by atoms with E-state index in [4.69, 9.17) is 0 Å². The molecule has 2 atom stereocenters. The quantitative estimate of drug-likeness (QED) is 0.875. The van der Waals surface area contributed by atoms with Gasteiger partial charge in [-0.2, -0.15) is 0 Å². The first-order valence-corrected chi connectivity index (χ1v) is 6.54. The molecule has 5 heteroatoms. The Labute approximate surface area is 118 Å². The number of carbonyl (C=O) groups excluding carboxylic acids is 1. The Hall–Kier alpha value is -1.13. The van der Waals surface area contributed by atoms with Crippen molar-refractivity contribution in [3.05, 3.63) is 35.6 Å². The molecule has 1 amide bonds. The molecule has 2 unspecified atom stereocenters. The van der Waals surface area contributed by atoms with E-state index >= 15 is 0 Å². The summed E-state index contributed by atoms with van der Waals surface area (Å²) in [6, 6.07) is 7.35. The first-order valence-electron chi connectivity index (χ1n) is 6.54. The molecule has 0 saturated carbocycles. The van der Waals surface area contributed by atoms with Gasteiger partial charge in [0.15, 0.2) is 0 Å². The Balaban J connectivity index is 0.00000133. The fraction of sp³-hybridized carbons (Fsp3) is 0.500. The predicted molar refractivity (Wildman–Crippen MR) is 74.1 cm³/mol. The minimum Gasteiger partial charge on any atom is -0.349 e. The molecule has 2 bridgehead atoms. The molecule has 1 aromatic rings. The highest BCUT2D eigenvalue weighted by Gasteiger charge is 2.34. The van der Waals surface area contributed by atoms with Gasteiger partial charge in [-0.3, -0.25) is 4.79 Å². The highest BCUT2D eigenvalue weighted by molar-refractivity contribution is 5.94. The molecule has 2 N–H and O–H groups in total. The van der Waals surface area contributed by atoms with Crippen LogP contribution in [-0.4, -0.2) is 24.0 Å². The summed E-state index contributed by atoms with van der Waals surface area (Å²) >= 11 is 0. The molecule has 0 aromatic heterocycles. The van der Waals surface area contributed by atoms with Crippen LogP contribution >= 0.6 is 12.4 Å². The number of hydrogen-bond donors (Lipinski definition) is 2. The Morgan fingerprint density at radius 1 is 1.21 bits per heavy atom. The van der Waals surface area contributed by atoms with Crippen molar-refractivity contribution < 1.29 is 9.18 Å². The maximum atomic E-state index is 13.5. The third-order valence-electron chi connectivity index (χ3n) is 3.93. The number of fused-ring (bicyclic) bond motifs is 2. The summed E-state index contributed by atoms with van der Waals surface area (Å²) in [6.45, 7) is 0. The van der Waals surface area contributed by atoms with Gasteiger partial charge in [-0.25, -0.2) is 4.39 Å². The second-order valence-electron chi connectivity index (χ2n) is 5.26. The summed E-state index contributed by atoms with van der Waals surface area (Å²) in [4.78, 5) is 12.0. The van der Waals surface area contributed by atoms with Crippen LogP contribution in [0, 0.1) is 5.82 Å². The van der Waals surface area contributed by atoms with Crippen LogP contribution in [0.2, 0.25) is 0 Å². The van der Waals surface area contributed by atoms with Crippen molar-refractivity contribution in [2.24, 2.45) is 0 Å². The number of carbonyl (C=O) groups is 1. The number of halogens is 2. The lowest BCUT2D eigenvalue weighted by atomic mass is 9.99. The molecular formula is C14H18ClFN2O. The van der Waals surface area contributed by atoms with Gasteiger partial charge >= 0.3 is 0 Å². The second kappa shape index (κ2) is 5.88.